The zero-order chi connectivity index (χ0) is 15.9. The van der Waals surface area contributed by atoms with Crippen molar-refractivity contribution in [2.45, 2.75) is 0 Å². The molecule has 8 nitrogen and oxygen atoms in total. The predicted octanol–water partition coefficient (Wildman–Crippen LogP) is 1.12. The lowest BCUT2D eigenvalue weighted by atomic mass is 10.1. The molecule has 0 radical (unpaired) electrons. The summed E-state index contributed by atoms with van der Waals surface area (Å²) in [5.74, 6) is -0.386. The smallest absolute Gasteiger partial charge is 0.341 e. The van der Waals surface area contributed by atoms with Crippen molar-refractivity contribution in [2.75, 3.05) is 14.2 Å². The molecule has 2 heterocycles. The van der Waals surface area contributed by atoms with Crippen LogP contribution in [0, 0.1) is 0 Å². The number of hydrogen-bond donors (Lipinski definition) is 1. The molecule has 0 spiro atoms. The van der Waals surface area contributed by atoms with Crippen molar-refractivity contribution in [3.63, 3.8) is 0 Å². The Kier molecular flexibility index (Phi) is 4.86. The molecule has 8 heteroatoms. The van der Waals surface area contributed by atoms with Crippen LogP contribution >= 0.6 is 0 Å². The fourth-order valence-electron chi connectivity index (χ4n) is 1.63. The van der Waals surface area contributed by atoms with Gasteiger partial charge in [0, 0.05) is 12.3 Å². The van der Waals surface area contributed by atoms with Crippen LogP contribution in [0.5, 0.6) is 11.8 Å². The highest BCUT2D eigenvalue weighted by Gasteiger charge is 2.19. The number of rotatable bonds is 5. The van der Waals surface area contributed by atoms with Crippen molar-refractivity contribution < 1.29 is 19.0 Å². The van der Waals surface area contributed by atoms with Crippen LogP contribution < -0.4 is 10.3 Å². The number of methoxy groups -OCH3 is 2. The van der Waals surface area contributed by atoms with Crippen molar-refractivity contribution in [1.82, 2.24) is 15.0 Å². The number of ether oxygens (including phenoxy) is 3. The van der Waals surface area contributed by atoms with Gasteiger partial charge in [0.1, 0.15) is 11.9 Å². The number of carbonyl (C=O) groups excluding carboxylic acids is 1. The lowest BCUT2D eigenvalue weighted by Gasteiger charge is -2.10. The molecule has 0 amide bonds. The van der Waals surface area contributed by atoms with Gasteiger partial charge in [-0.05, 0) is 6.07 Å². The van der Waals surface area contributed by atoms with Crippen LogP contribution in [-0.4, -0.2) is 35.1 Å². The van der Waals surface area contributed by atoms with Gasteiger partial charge in [-0.3, -0.25) is 9.78 Å². The Morgan fingerprint density at radius 2 is 2.14 bits per heavy atom. The minimum absolute atomic E-state index is 0.0746. The van der Waals surface area contributed by atoms with Crippen LogP contribution in [0.2, 0.25) is 0 Å². The highest BCUT2D eigenvalue weighted by molar-refractivity contribution is 6.16. The molecule has 2 aromatic rings. The first-order valence-electron chi connectivity index (χ1n) is 6.14. The zero-order valence-corrected chi connectivity index (χ0v) is 11.9. The number of aromatic nitrogens is 3. The minimum Gasteiger partial charge on any atom is -0.503 e. The van der Waals surface area contributed by atoms with E-state index in [1.807, 2.05) is 0 Å². The van der Waals surface area contributed by atoms with Gasteiger partial charge in [0.25, 0.3) is 5.56 Å². The number of hydrogen-bond acceptors (Lipinski definition) is 7. The monoisotopic (exact) mass is 303 g/mol. The maximum Gasteiger partial charge on any atom is 0.341 e. The third kappa shape index (κ3) is 3.48. The van der Waals surface area contributed by atoms with Gasteiger partial charge in [-0.2, -0.15) is 0 Å². The maximum absolute atomic E-state index is 11.8. The first kappa shape index (κ1) is 15.2. The first-order valence-corrected chi connectivity index (χ1v) is 6.14. The molecule has 0 aliphatic rings. The molecule has 0 saturated carbocycles. The molecule has 114 valence electrons. The van der Waals surface area contributed by atoms with Gasteiger partial charge in [0.2, 0.25) is 11.8 Å². The standard InChI is InChI=1S/C14H13N3O5/c1-20-7-10(14(19)21-2)9-6-15-8-16-13(9)22-12-5-3-4-11(18)17-12/h3-8H,1-2H3,(H,17,18)/b10-7-. The van der Waals surface area contributed by atoms with Gasteiger partial charge in [0.05, 0.1) is 26.0 Å². The van der Waals surface area contributed by atoms with E-state index in [1.54, 1.807) is 6.07 Å². The molecular weight excluding hydrogens is 290 g/mol. The van der Waals surface area contributed by atoms with Crippen molar-refractivity contribution in [3.8, 4) is 11.8 Å². The van der Waals surface area contributed by atoms with E-state index in [9.17, 15) is 9.59 Å². The number of aromatic amines is 1. The Balaban J connectivity index is 2.43. The van der Waals surface area contributed by atoms with E-state index in [2.05, 4.69) is 19.7 Å². The second-order valence-corrected chi connectivity index (χ2v) is 3.98. The fourth-order valence-corrected chi connectivity index (χ4v) is 1.63. The normalized spacial score (nSPS) is 10.9. The summed E-state index contributed by atoms with van der Waals surface area (Å²) in [4.78, 5) is 33.4. The summed E-state index contributed by atoms with van der Waals surface area (Å²) in [7, 11) is 2.63. The Hall–Kier alpha value is -3.16. The molecule has 0 aromatic carbocycles. The summed E-state index contributed by atoms with van der Waals surface area (Å²) in [5, 5.41) is 0. The van der Waals surface area contributed by atoms with E-state index in [-0.39, 0.29) is 28.5 Å². The summed E-state index contributed by atoms with van der Waals surface area (Å²) in [5.41, 5.74) is 0.0218. The third-order valence-electron chi connectivity index (χ3n) is 2.56. The second kappa shape index (κ2) is 7.02. The highest BCUT2D eigenvalue weighted by Crippen LogP contribution is 2.27. The van der Waals surface area contributed by atoms with Crippen LogP contribution in [0.25, 0.3) is 5.57 Å². The Morgan fingerprint density at radius 1 is 1.32 bits per heavy atom. The Bertz CT molecular complexity index is 754. The molecule has 0 aliphatic carbocycles. The van der Waals surface area contributed by atoms with Crippen LogP contribution in [0.3, 0.4) is 0 Å². The summed E-state index contributed by atoms with van der Waals surface area (Å²) in [6, 6.07) is 4.42. The van der Waals surface area contributed by atoms with E-state index in [4.69, 9.17) is 9.47 Å². The van der Waals surface area contributed by atoms with Crippen LogP contribution in [0.4, 0.5) is 0 Å². The Labute approximate surface area is 125 Å². The highest BCUT2D eigenvalue weighted by atomic mass is 16.5. The number of pyridine rings is 1. The van der Waals surface area contributed by atoms with E-state index in [0.29, 0.717) is 0 Å². The summed E-state index contributed by atoms with van der Waals surface area (Å²) in [6.45, 7) is 0. The van der Waals surface area contributed by atoms with E-state index in [1.165, 1.54) is 45.1 Å². The molecular formula is C14H13N3O5. The van der Waals surface area contributed by atoms with Crippen molar-refractivity contribution in [3.05, 3.63) is 52.9 Å². The molecule has 0 fully saturated rings. The summed E-state index contributed by atoms with van der Waals surface area (Å²) >= 11 is 0. The van der Waals surface area contributed by atoms with E-state index >= 15 is 0 Å². The molecule has 22 heavy (non-hydrogen) atoms. The fraction of sp³-hybridized carbons (Fsp3) is 0.143. The number of carbonyl (C=O) groups is 1. The van der Waals surface area contributed by atoms with Gasteiger partial charge < -0.3 is 14.2 Å². The largest absolute Gasteiger partial charge is 0.503 e. The first-order chi connectivity index (χ1) is 10.7. The number of esters is 1. The average Bonchev–Trinajstić information content (AvgIpc) is 2.53. The lowest BCUT2D eigenvalue weighted by Crippen LogP contribution is -2.08. The van der Waals surface area contributed by atoms with Crippen molar-refractivity contribution in [2.24, 2.45) is 0 Å². The molecule has 0 atom stereocenters. The molecule has 0 saturated heterocycles. The average molecular weight is 303 g/mol. The number of nitrogens with zero attached hydrogens (tertiary/aromatic N) is 2. The van der Waals surface area contributed by atoms with Crippen LogP contribution in [0.1, 0.15) is 5.56 Å². The number of H-pyrrole nitrogens is 1. The topological polar surface area (TPSA) is 103 Å². The summed E-state index contributed by atoms with van der Waals surface area (Å²) < 4.78 is 15.1. The van der Waals surface area contributed by atoms with Crippen molar-refractivity contribution >= 4 is 11.5 Å². The van der Waals surface area contributed by atoms with E-state index < -0.39 is 5.97 Å². The van der Waals surface area contributed by atoms with Crippen LogP contribution in [0.15, 0.2) is 41.8 Å². The molecule has 0 bridgehead atoms. The predicted molar refractivity (Wildman–Crippen MR) is 76.2 cm³/mol. The summed E-state index contributed by atoms with van der Waals surface area (Å²) in [6.07, 6.45) is 3.83. The van der Waals surface area contributed by atoms with Gasteiger partial charge >= 0.3 is 5.97 Å². The quantitative estimate of drug-likeness (QED) is 0.501. The van der Waals surface area contributed by atoms with Gasteiger partial charge in [-0.1, -0.05) is 6.07 Å². The molecule has 1 N–H and O–H groups in total. The zero-order valence-electron chi connectivity index (χ0n) is 11.9. The Morgan fingerprint density at radius 3 is 2.82 bits per heavy atom. The van der Waals surface area contributed by atoms with Gasteiger partial charge in [0.15, 0.2) is 0 Å². The molecule has 0 aliphatic heterocycles. The molecule has 0 unspecified atom stereocenters. The lowest BCUT2D eigenvalue weighted by molar-refractivity contribution is -0.133. The SMILES string of the molecule is CO/C=C(\C(=O)OC)c1cncnc1Oc1cccc(=O)[nH]1. The van der Waals surface area contributed by atoms with Crippen LogP contribution in [-0.2, 0) is 14.3 Å². The van der Waals surface area contributed by atoms with Crippen molar-refractivity contribution in [1.29, 1.82) is 0 Å². The maximum atomic E-state index is 11.8. The second-order valence-electron chi connectivity index (χ2n) is 3.98. The third-order valence-corrected chi connectivity index (χ3v) is 2.56. The molecule has 2 aromatic heterocycles. The van der Waals surface area contributed by atoms with Gasteiger partial charge in [-0.15, -0.1) is 0 Å². The minimum atomic E-state index is -0.636. The molecule has 2 rings (SSSR count). The number of nitrogens with one attached hydrogen (secondary N) is 1. The van der Waals surface area contributed by atoms with E-state index in [0.717, 1.165) is 0 Å². The van der Waals surface area contributed by atoms with Gasteiger partial charge in [-0.25, -0.2) is 14.8 Å².